The molecule has 16 heavy (non-hydrogen) atoms. The van der Waals surface area contributed by atoms with Gasteiger partial charge in [-0.2, -0.15) is 0 Å². The Morgan fingerprint density at radius 3 is 2.69 bits per heavy atom. The Labute approximate surface area is 95.2 Å². The molecule has 0 fully saturated rings. The van der Waals surface area contributed by atoms with E-state index in [1.165, 1.54) is 6.07 Å². The van der Waals surface area contributed by atoms with Gasteiger partial charge in [0.25, 0.3) is 0 Å². The fraction of sp³-hybridized carbons (Fsp3) is 0.455. The summed E-state index contributed by atoms with van der Waals surface area (Å²) in [5.41, 5.74) is 0.482. The zero-order valence-corrected chi connectivity index (χ0v) is 10.2. The fourth-order valence-electron chi connectivity index (χ4n) is 1.15. The Kier molecular flexibility index (Phi) is 4.29. The molecule has 0 aliphatic rings. The first kappa shape index (κ1) is 13.0. The number of aryl methyl sites for hydroxylation is 1. The Hall–Kier alpha value is -1.10. The molecule has 0 amide bonds. The van der Waals surface area contributed by atoms with E-state index in [1.807, 2.05) is 0 Å². The van der Waals surface area contributed by atoms with Crippen LogP contribution < -0.4 is 4.74 Å². The minimum absolute atomic E-state index is 0.0173. The summed E-state index contributed by atoms with van der Waals surface area (Å²) < 4.78 is 40.9. The van der Waals surface area contributed by atoms with Crippen LogP contribution in [0.4, 0.5) is 4.39 Å². The lowest BCUT2D eigenvalue weighted by atomic mass is 10.2. The van der Waals surface area contributed by atoms with Crippen LogP contribution >= 0.6 is 0 Å². The molecule has 0 spiro atoms. The number of rotatable bonds is 5. The van der Waals surface area contributed by atoms with Crippen molar-refractivity contribution in [3.8, 4) is 5.75 Å². The van der Waals surface area contributed by atoms with Crippen LogP contribution in [0.3, 0.4) is 0 Å². The van der Waals surface area contributed by atoms with Gasteiger partial charge in [-0.05, 0) is 18.6 Å². The van der Waals surface area contributed by atoms with Crippen molar-refractivity contribution in [1.82, 2.24) is 0 Å². The smallest absolute Gasteiger partial charge is 0.167 e. The van der Waals surface area contributed by atoms with E-state index in [1.54, 1.807) is 26.0 Å². The summed E-state index contributed by atoms with van der Waals surface area (Å²) in [7, 11) is -3.06. The van der Waals surface area contributed by atoms with Gasteiger partial charge in [0.2, 0.25) is 0 Å². The molecular weight excluding hydrogens is 231 g/mol. The van der Waals surface area contributed by atoms with Crippen LogP contribution in [0.1, 0.15) is 12.5 Å². The molecule has 0 aliphatic carbocycles. The highest BCUT2D eigenvalue weighted by molar-refractivity contribution is 7.91. The van der Waals surface area contributed by atoms with E-state index in [-0.39, 0.29) is 23.9 Å². The number of sulfone groups is 1. The van der Waals surface area contributed by atoms with Crippen LogP contribution in [0.2, 0.25) is 0 Å². The lowest BCUT2D eigenvalue weighted by Gasteiger charge is -2.08. The zero-order chi connectivity index (χ0) is 12.2. The monoisotopic (exact) mass is 246 g/mol. The summed E-state index contributed by atoms with van der Waals surface area (Å²) in [6.45, 7) is 3.18. The summed E-state index contributed by atoms with van der Waals surface area (Å²) in [6.07, 6.45) is 0. The van der Waals surface area contributed by atoms with Crippen LogP contribution in [0.15, 0.2) is 18.2 Å². The van der Waals surface area contributed by atoms with Crippen LogP contribution in [0, 0.1) is 12.7 Å². The molecule has 0 unspecified atom stereocenters. The van der Waals surface area contributed by atoms with Crippen molar-refractivity contribution >= 4 is 9.84 Å². The maximum Gasteiger partial charge on any atom is 0.167 e. The van der Waals surface area contributed by atoms with Crippen molar-refractivity contribution in [3.05, 3.63) is 29.6 Å². The Morgan fingerprint density at radius 2 is 2.06 bits per heavy atom. The van der Waals surface area contributed by atoms with E-state index < -0.39 is 15.7 Å². The first-order valence-electron chi connectivity index (χ1n) is 5.04. The second-order valence-electron chi connectivity index (χ2n) is 3.47. The average Bonchev–Trinajstić information content (AvgIpc) is 2.24. The second-order valence-corrected chi connectivity index (χ2v) is 5.94. The van der Waals surface area contributed by atoms with Gasteiger partial charge in [-0.1, -0.05) is 19.1 Å². The number of hydrogen-bond acceptors (Lipinski definition) is 3. The number of hydrogen-bond donors (Lipinski definition) is 0. The SMILES string of the molecule is CCS(=O)(=O)CCOc1cccc(C)c1F. The minimum atomic E-state index is -3.06. The molecule has 0 bridgehead atoms. The molecule has 0 radical (unpaired) electrons. The second kappa shape index (κ2) is 5.30. The van der Waals surface area contributed by atoms with Gasteiger partial charge in [-0.15, -0.1) is 0 Å². The summed E-state index contributed by atoms with van der Waals surface area (Å²) in [5.74, 6) is -0.341. The van der Waals surface area contributed by atoms with Crippen LogP contribution in [-0.4, -0.2) is 26.5 Å². The predicted octanol–water partition coefficient (Wildman–Crippen LogP) is 1.95. The van der Waals surface area contributed by atoms with Gasteiger partial charge < -0.3 is 4.74 Å². The van der Waals surface area contributed by atoms with E-state index in [0.29, 0.717) is 5.56 Å². The average molecular weight is 246 g/mol. The van der Waals surface area contributed by atoms with Crippen molar-refractivity contribution in [2.24, 2.45) is 0 Å². The standard InChI is InChI=1S/C11H15FO3S/c1-3-16(13,14)8-7-15-10-6-4-5-9(2)11(10)12/h4-6H,3,7-8H2,1-2H3. The molecule has 0 saturated carbocycles. The number of halogens is 1. The van der Waals surface area contributed by atoms with Crippen molar-refractivity contribution in [2.45, 2.75) is 13.8 Å². The third-order valence-corrected chi connectivity index (χ3v) is 3.92. The number of benzene rings is 1. The summed E-state index contributed by atoms with van der Waals surface area (Å²) in [6, 6.07) is 4.79. The van der Waals surface area contributed by atoms with Crippen molar-refractivity contribution in [1.29, 1.82) is 0 Å². The normalized spacial score (nSPS) is 11.4. The highest BCUT2D eigenvalue weighted by atomic mass is 32.2. The highest BCUT2D eigenvalue weighted by Gasteiger charge is 2.09. The molecule has 1 aromatic rings. The molecule has 0 atom stereocenters. The lowest BCUT2D eigenvalue weighted by Crippen LogP contribution is -2.16. The molecule has 3 nitrogen and oxygen atoms in total. The van der Waals surface area contributed by atoms with E-state index in [4.69, 9.17) is 4.74 Å². The molecule has 0 heterocycles. The fourth-order valence-corrected chi connectivity index (χ4v) is 1.78. The minimum Gasteiger partial charge on any atom is -0.489 e. The molecule has 1 rings (SSSR count). The maximum absolute atomic E-state index is 13.4. The largest absolute Gasteiger partial charge is 0.489 e. The lowest BCUT2D eigenvalue weighted by molar-refractivity contribution is 0.321. The zero-order valence-electron chi connectivity index (χ0n) is 9.36. The van der Waals surface area contributed by atoms with Crippen molar-refractivity contribution in [2.75, 3.05) is 18.1 Å². The summed E-state index contributed by atoms with van der Waals surface area (Å²) >= 11 is 0. The first-order chi connectivity index (χ1) is 7.46. The van der Waals surface area contributed by atoms with E-state index in [9.17, 15) is 12.8 Å². The maximum atomic E-state index is 13.4. The Morgan fingerprint density at radius 1 is 1.38 bits per heavy atom. The topological polar surface area (TPSA) is 43.4 Å². The Bertz CT molecular complexity index is 454. The molecule has 1 aromatic carbocycles. The van der Waals surface area contributed by atoms with Crippen molar-refractivity contribution < 1.29 is 17.5 Å². The van der Waals surface area contributed by atoms with Crippen LogP contribution in [0.5, 0.6) is 5.75 Å². The first-order valence-corrected chi connectivity index (χ1v) is 6.86. The predicted molar refractivity (Wildman–Crippen MR) is 61.0 cm³/mol. The van der Waals surface area contributed by atoms with Gasteiger partial charge in [0, 0.05) is 5.75 Å². The van der Waals surface area contributed by atoms with E-state index in [2.05, 4.69) is 0 Å². The Balaban J connectivity index is 2.59. The van der Waals surface area contributed by atoms with Crippen LogP contribution in [0.25, 0.3) is 0 Å². The molecular formula is C11H15FO3S. The number of ether oxygens (including phenoxy) is 1. The van der Waals surface area contributed by atoms with Crippen molar-refractivity contribution in [3.63, 3.8) is 0 Å². The molecule has 0 aromatic heterocycles. The summed E-state index contributed by atoms with van der Waals surface area (Å²) in [5, 5.41) is 0. The van der Waals surface area contributed by atoms with Crippen LogP contribution in [-0.2, 0) is 9.84 Å². The van der Waals surface area contributed by atoms with Gasteiger partial charge >= 0.3 is 0 Å². The molecule has 5 heteroatoms. The molecule has 0 N–H and O–H groups in total. The van der Waals surface area contributed by atoms with Gasteiger partial charge in [-0.3, -0.25) is 0 Å². The van der Waals surface area contributed by atoms with Gasteiger partial charge in [0.15, 0.2) is 21.4 Å². The quantitative estimate of drug-likeness (QED) is 0.797. The molecule has 90 valence electrons. The molecule has 0 aliphatic heterocycles. The van der Waals surface area contributed by atoms with Gasteiger partial charge in [-0.25, -0.2) is 12.8 Å². The summed E-state index contributed by atoms with van der Waals surface area (Å²) in [4.78, 5) is 0. The highest BCUT2D eigenvalue weighted by Crippen LogP contribution is 2.19. The third kappa shape index (κ3) is 3.48. The van der Waals surface area contributed by atoms with E-state index in [0.717, 1.165) is 0 Å². The molecule has 0 saturated heterocycles. The third-order valence-electron chi connectivity index (χ3n) is 2.25. The van der Waals surface area contributed by atoms with Gasteiger partial charge in [0.05, 0.1) is 5.75 Å². The van der Waals surface area contributed by atoms with E-state index >= 15 is 0 Å². The van der Waals surface area contributed by atoms with Gasteiger partial charge in [0.1, 0.15) is 6.61 Å².